The van der Waals surface area contributed by atoms with Crippen molar-refractivity contribution in [2.75, 3.05) is 26.8 Å². The Kier molecular flexibility index (Phi) is 7.01. The molecule has 4 heteroatoms. The van der Waals surface area contributed by atoms with Gasteiger partial charge in [0.05, 0.1) is 19.0 Å². The van der Waals surface area contributed by atoms with Gasteiger partial charge in [-0.15, -0.1) is 0 Å². The molecular weight excluding hydrogens is 230 g/mol. The highest BCUT2D eigenvalue weighted by Crippen LogP contribution is 2.11. The van der Waals surface area contributed by atoms with E-state index in [9.17, 15) is 5.11 Å². The molecule has 0 amide bonds. The second-order valence-electron chi connectivity index (χ2n) is 4.78. The van der Waals surface area contributed by atoms with Gasteiger partial charge < -0.3 is 14.3 Å². The third-order valence-electron chi connectivity index (χ3n) is 2.88. The number of rotatable bonds is 9. The highest BCUT2D eigenvalue weighted by molar-refractivity contribution is 5.14. The molecule has 0 saturated heterocycles. The van der Waals surface area contributed by atoms with Crippen molar-refractivity contribution in [1.29, 1.82) is 0 Å². The molecule has 0 aliphatic rings. The Hall–Kier alpha value is -0.840. The number of unbranched alkanes of at least 4 members (excludes halogenated alkanes) is 1. The van der Waals surface area contributed by atoms with E-state index in [2.05, 4.69) is 11.8 Å². The maximum Gasteiger partial charge on any atom is 0.105 e. The molecule has 0 radical (unpaired) electrons. The molecular formula is C14H25NO3. The van der Waals surface area contributed by atoms with Crippen LogP contribution in [0, 0.1) is 6.92 Å². The summed E-state index contributed by atoms with van der Waals surface area (Å²) >= 11 is 0. The summed E-state index contributed by atoms with van der Waals surface area (Å²) in [7, 11) is 1.99. The van der Waals surface area contributed by atoms with E-state index < -0.39 is 6.10 Å². The topological polar surface area (TPSA) is 45.8 Å². The maximum absolute atomic E-state index is 9.83. The number of aliphatic hydroxyl groups is 1. The summed E-state index contributed by atoms with van der Waals surface area (Å²) < 4.78 is 10.6. The molecule has 1 aromatic heterocycles. The molecule has 0 saturated carbocycles. The van der Waals surface area contributed by atoms with Crippen molar-refractivity contribution >= 4 is 0 Å². The van der Waals surface area contributed by atoms with Crippen molar-refractivity contribution in [3.8, 4) is 0 Å². The molecule has 0 aromatic carbocycles. The molecule has 1 rings (SSSR count). The molecule has 0 bridgehead atoms. The summed E-state index contributed by atoms with van der Waals surface area (Å²) in [5.41, 5.74) is 1.16. The van der Waals surface area contributed by atoms with Crippen LogP contribution in [-0.4, -0.2) is 42.9 Å². The quantitative estimate of drug-likeness (QED) is 0.687. The van der Waals surface area contributed by atoms with E-state index in [4.69, 9.17) is 9.15 Å². The fourth-order valence-electron chi connectivity index (χ4n) is 1.81. The summed E-state index contributed by atoms with van der Waals surface area (Å²) in [6.45, 7) is 6.62. The van der Waals surface area contributed by atoms with Crippen molar-refractivity contribution in [1.82, 2.24) is 4.90 Å². The van der Waals surface area contributed by atoms with Gasteiger partial charge >= 0.3 is 0 Å². The predicted octanol–water partition coefficient (Wildman–Crippen LogP) is 2.20. The zero-order valence-corrected chi connectivity index (χ0v) is 11.7. The number of likely N-dealkylation sites (N-methyl/N-ethyl adjacent to an activating group) is 1. The van der Waals surface area contributed by atoms with E-state index in [1.165, 1.54) is 0 Å². The first-order chi connectivity index (χ1) is 8.63. The lowest BCUT2D eigenvalue weighted by Crippen LogP contribution is -2.32. The van der Waals surface area contributed by atoms with Crippen LogP contribution in [0.25, 0.3) is 0 Å². The minimum atomic E-state index is -0.431. The molecule has 1 N–H and O–H groups in total. The smallest absolute Gasteiger partial charge is 0.105 e. The van der Waals surface area contributed by atoms with E-state index in [0.29, 0.717) is 13.2 Å². The third kappa shape index (κ3) is 5.67. The van der Waals surface area contributed by atoms with Crippen LogP contribution in [0.2, 0.25) is 0 Å². The zero-order valence-electron chi connectivity index (χ0n) is 11.7. The number of furan rings is 1. The predicted molar refractivity (Wildman–Crippen MR) is 71.5 cm³/mol. The molecule has 18 heavy (non-hydrogen) atoms. The Morgan fingerprint density at radius 3 is 2.89 bits per heavy atom. The van der Waals surface area contributed by atoms with Gasteiger partial charge in [-0.3, -0.25) is 4.90 Å². The molecule has 0 aliphatic carbocycles. The summed E-state index contributed by atoms with van der Waals surface area (Å²) in [5, 5.41) is 9.83. The first kappa shape index (κ1) is 15.2. The number of aryl methyl sites for hydroxylation is 1. The number of nitrogens with zero attached hydrogens (tertiary/aromatic N) is 1. The SMILES string of the molecule is CCCCOCC(O)CN(C)Cc1ccoc1C. The van der Waals surface area contributed by atoms with Crippen LogP contribution in [0.15, 0.2) is 16.7 Å². The van der Waals surface area contributed by atoms with Gasteiger partial charge in [-0.1, -0.05) is 13.3 Å². The number of hydrogen-bond donors (Lipinski definition) is 1. The van der Waals surface area contributed by atoms with Crippen molar-refractivity contribution in [3.63, 3.8) is 0 Å². The van der Waals surface area contributed by atoms with Gasteiger partial charge in [-0.25, -0.2) is 0 Å². The Balaban J connectivity index is 2.19. The Bertz CT molecular complexity index is 325. The standard InChI is InChI=1S/C14H25NO3/c1-4-5-7-17-11-14(16)10-15(3)9-13-6-8-18-12(13)2/h6,8,14,16H,4-5,7,9-11H2,1-3H3. The largest absolute Gasteiger partial charge is 0.469 e. The van der Waals surface area contributed by atoms with Gasteiger partial charge in [-0.05, 0) is 26.5 Å². The summed E-state index contributed by atoms with van der Waals surface area (Å²) in [6.07, 6.45) is 3.44. The lowest BCUT2D eigenvalue weighted by Gasteiger charge is -2.20. The summed E-state index contributed by atoms with van der Waals surface area (Å²) in [5.74, 6) is 0.940. The normalized spacial score (nSPS) is 13.2. The lowest BCUT2D eigenvalue weighted by atomic mass is 10.2. The Morgan fingerprint density at radius 2 is 2.28 bits per heavy atom. The van der Waals surface area contributed by atoms with Gasteiger partial charge in [0, 0.05) is 25.3 Å². The van der Waals surface area contributed by atoms with Gasteiger partial charge in [0.1, 0.15) is 5.76 Å². The van der Waals surface area contributed by atoms with E-state index in [1.54, 1.807) is 6.26 Å². The van der Waals surface area contributed by atoms with Crippen LogP contribution in [-0.2, 0) is 11.3 Å². The minimum absolute atomic E-state index is 0.411. The molecule has 1 unspecified atom stereocenters. The third-order valence-corrected chi connectivity index (χ3v) is 2.88. The fourth-order valence-corrected chi connectivity index (χ4v) is 1.81. The van der Waals surface area contributed by atoms with Crippen LogP contribution in [0.5, 0.6) is 0 Å². The van der Waals surface area contributed by atoms with Crippen LogP contribution in [0.1, 0.15) is 31.1 Å². The van der Waals surface area contributed by atoms with E-state index >= 15 is 0 Å². The molecule has 0 spiro atoms. The minimum Gasteiger partial charge on any atom is -0.469 e. The van der Waals surface area contributed by atoms with Crippen LogP contribution >= 0.6 is 0 Å². The second kappa shape index (κ2) is 8.29. The van der Waals surface area contributed by atoms with Gasteiger partial charge in [0.25, 0.3) is 0 Å². The fraction of sp³-hybridized carbons (Fsp3) is 0.714. The highest BCUT2D eigenvalue weighted by atomic mass is 16.5. The Morgan fingerprint density at radius 1 is 1.50 bits per heavy atom. The van der Waals surface area contributed by atoms with Gasteiger partial charge in [0.15, 0.2) is 0 Å². The molecule has 0 aliphatic heterocycles. The molecule has 4 nitrogen and oxygen atoms in total. The average molecular weight is 255 g/mol. The monoisotopic (exact) mass is 255 g/mol. The lowest BCUT2D eigenvalue weighted by molar-refractivity contribution is 0.0188. The van der Waals surface area contributed by atoms with Crippen molar-refractivity contribution in [2.45, 2.75) is 39.3 Å². The molecule has 0 fully saturated rings. The van der Waals surface area contributed by atoms with E-state index in [-0.39, 0.29) is 0 Å². The van der Waals surface area contributed by atoms with Crippen molar-refractivity contribution < 1.29 is 14.3 Å². The second-order valence-corrected chi connectivity index (χ2v) is 4.78. The molecule has 1 heterocycles. The summed E-state index contributed by atoms with van der Waals surface area (Å²) in [4.78, 5) is 2.08. The van der Waals surface area contributed by atoms with E-state index in [1.807, 2.05) is 20.0 Å². The van der Waals surface area contributed by atoms with Crippen LogP contribution in [0.4, 0.5) is 0 Å². The first-order valence-corrected chi connectivity index (χ1v) is 6.60. The number of aliphatic hydroxyl groups excluding tert-OH is 1. The van der Waals surface area contributed by atoms with Gasteiger partial charge in [-0.2, -0.15) is 0 Å². The number of hydrogen-bond acceptors (Lipinski definition) is 4. The van der Waals surface area contributed by atoms with Crippen molar-refractivity contribution in [2.24, 2.45) is 0 Å². The Labute approximate surface area is 110 Å². The van der Waals surface area contributed by atoms with Crippen LogP contribution < -0.4 is 0 Å². The van der Waals surface area contributed by atoms with Crippen LogP contribution in [0.3, 0.4) is 0 Å². The molecule has 1 aromatic rings. The van der Waals surface area contributed by atoms with Crippen molar-refractivity contribution in [3.05, 3.63) is 23.7 Å². The van der Waals surface area contributed by atoms with Gasteiger partial charge in [0.2, 0.25) is 0 Å². The average Bonchev–Trinajstić information content (AvgIpc) is 2.70. The molecule has 104 valence electrons. The zero-order chi connectivity index (χ0) is 13.4. The number of ether oxygens (including phenoxy) is 1. The van der Waals surface area contributed by atoms with E-state index in [0.717, 1.165) is 37.3 Å². The molecule has 1 atom stereocenters. The maximum atomic E-state index is 9.83. The first-order valence-electron chi connectivity index (χ1n) is 6.60. The highest BCUT2D eigenvalue weighted by Gasteiger charge is 2.10. The summed E-state index contributed by atoms with van der Waals surface area (Å²) in [6, 6.07) is 1.97.